The fourth-order valence-electron chi connectivity index (χ4n) is 2.05. The highest BCUT2D eigenvalue weighted by atomic mass is 16.5. The lowest BCUT2D eigenvalue weighted by molar-refractivity contribution is 0.0601. The van der Waals surface area contributed by atoms with Crippen molar-refractivity contribution in [2.24, 2.45) is 0 Å². The summed E-state index contributed by atoms with van der Waals surface area (Å²) in [5, 5.41) is 12.9. The first-order valence-corrected chi connectivity index (χ1v) is 6.58. The molecule has 1 unspecified atom stereocenters. The van der Waals surface area contributed by atoms with E-state index in [1.807, 2.05) is 37.3 Å². The fourth-order valence-corrected chi connectivity index (χ4v) is 2.05. The minimum absolute atomic E-state index is 0.145. The van der Waals surface area contributed by atoms with Gasteiger partial charge in [-0.05, 0) is 24.6 Å². The van der Waals surface area contributed by atoms with Gasteiger partial charge < -0.3 is 15.2 Å². The molecule has 2 N–H and O–H groups in total. The maximum Gasteiger partial charge on any atom is 0.341 e. The Morgan fingerprint density at radius 3 is 2.62 bits per heavy atom. The number of aromatic nitrogens is 1. The Labute approximate surface area is 123 Å². The number of benzene rings is 1. The monoisotopic (exact) mass is 286 g/mol. The molecule has 0 amide bonds. The second kappa shape index (κ2) is 6.37. The second-order valence-corrected chi connectivity index (χ2v) is 4.87. The average molecular weight is 286 g/mol. The van der Waals surface area contributed by atoms with Crippen molar-refractivity contribution in [1.29, 1.82) is 0 Å². The summed E-state index contributed by atoms with van der Waals surface area (Å²) in [6, 6.07) is 12.8. The highest BCUT2D eigenvalue weighted by Gasteiger charge is 2.27. The van der Waals surface area contributed by atoms with Gasteiger partial charge in [0.15, 0.2) is 0 Å². The van der Waals surface area contributed by atoms with E-state index in [2.05, 4.69) is 10.3 Å². The number of methoxy groups -OCH3 is 1. The third kappa shape index (κ3) is 3.20. The van der Waals surface area contributed by atoms with E-state index in [1.54, 1.807) is 18.3 Å². The van der Waals surface area contributed by atoms with Crippen LogP contribution in [0, 0.1) is 0 Å². The molecule has 1 aromatic heterocycles. The molecule has 1 aromatic carbocycles. The predicted octanol–water partition coefficient (Wildman–Crippen LogP) is 2.19. The zero-order chi connectivity index (χ0) is 15.3. The van der Waals surface area contributed by atoms with Crippen LogP contribution in [0.4, 0.5) is 5.82 Å². The summed E-state index contributed by atoms with van der Waals surface area (Å²) < 4.78 is 4.75. The number of carbonyl (C=O) groups excluding carboxylic acids is 1. The molecule has 0 saturated heterocycles. The van der Waals surface area contributed by atoms with Crippen molar-refractivity contribution in [3.63, 3.8) is 0 Å². The average Bonchev–Trinajstić information content (AvgIpc) is 2.55. The van der Waals surface area contributed by atoms with Crippen molar-refractivity contribution in [2.75, 3.05) is 19.0 Å². The van der Waals surface area contributed by atoms with Crippen molar-refractivity contribution in [3.8, 4) is 0 Å². The molecule has 5 nitrogen and oxygen atoms in total. The van der Waals surface area contributed by atoms with Crippen LogP contribution in [0.2, 0.25) is 0 Å². The van der Waals surface area contributed by atoms with E-state index in [0.717, 1.165) is 5.56 Å². The number of rotatable bonds is 5. The molecule has 0 aliphatic heterocycles. The summed E-state index contributed by atoms with van der Waals surface area (Å²) in [4.78, 5) is 16.0. The third-order valence-electron chi connectivity index (χ3n) is 3.33. The molecule has 1 heterocycles. The predicted molar refractivity (Wildman–Crippen MR) is 80.1 cm³/mol. The summed E-state index contributed by atoms with van der Waals surface area (Å²) in [7, 11) is 1.32. The van der Waals surface area contributed by atoms with Crippen LogP contribution in [-0.2, 0) is 10.3 Å². The van der Waals surface area contributed by atoms with Crippen LogP contribution in [0.3, 0.4) is 0 Å². The SMILES string of the molecule is COC(=O)c1cccnc1NC(C)(CO)c1ccccc1. The first-order chi connectivity index (χ1) is 10.1. The Morgan fingerprint density at radius 1 is 1.29 bits per heavy atom. The quantitative estimate of drug-likeness (QED) is 0.824. The van der Waals surface area contributed by atoms with Crippen LogP contribution in [0.1, 0.15) is 22.8 Å². The fraction of sp³-hybridized carbons (Fsp3) is 0.250. The van der Waals surface area contributed by atoms with E-state index in [4.69, 9.17) is 4.74 Å². The molecule has 5 heteroatoms. The highest BCUT2D eigenvalue weighted by molar-refractivity contribution is 5.94. The van der Waals surface area contributed by atoms with Crippen LogP contribution in [0.25, 0.3) is 0 Å². The molecule has 0 aliphatic carbocycles. The standard InChI is InChI=1S/C16H18N2O3/c1-16(11-19,12-7-4-3-5-8-12)18-14-13(15(20)21-2)9-6-10-17-14/h3-10,19H,11H2,1-2H3,(H,17,18). The summed E-state index contributed by atoms with van der Waals surface area (Å²) >= 11 is 0. The maximum atomic E-state index is 11.8. The van der Waals surface area contributed by atoms with Crippen LogP contribution in [0.15, 0.2) is 48.7 Å². The van der Waals surface area contributed by atoms with Gasteiger partial charge in [0.05, 0.1) is 19.3 Å². The number of nitrogens with one attached hydrogen (secondary N) is 1. The van der Waals surface area contributed by atoms with E-state index in [0.29, 0.717) is 11.4 Å². The lowest BCUT2D eigenvalue weighted by Crippen LogP contribution is -2.36. The van der Waals surface area contributed by atoms with Gasteiger partial charge in [-0.2, -0.15) is 0 Å². The zero-order valence-corrected chi connectivity index (χ0v) is 12.0. The normalized spacial score (nSPS) is 13.3. The first-order valence-electron chi connectivity index (χ1n) is 6.58. The Kier molecular flexibility index (Phi) is 4.55. The van der Waals surface area contributed by atoms with E-state index in [9.17, 15) is 9.90 Å². The number of pyridine rings is 1. The number of esters is 1. The minimum Gasteiger partial charge on any atom is -0.465 e. The molecule has 21 heavy (non-hydrogen) atoms. The molecule has 0 spiro atoms. The summed E-state index contributed by atoms with van der Waals surface area (Å²) in [6.07, 6.45) is 1.58. The number of carbonyl (C=O) groups is 1. The molecule has 2 rings (SSSR count). The van der Waals surface area contributed by atoms with E-state index in [1.165, 1.54) is 7.11 Å². The molecule has 0 radical (unpaired) electrons. The smallest absolute Gasteiger partial charge is 0.341 e. The molecular weight excluding hydrogens is 268 g/mol. The van der Waals surface area contributed by atoms with Gasteiger partial charge >= 0.3 is 5.97 Å². The van der Waals surface area contributed by atoms with E-state index >= 15 is 0 Å². The van der Waals surface area contributed by atoms with Crippen molar-refractivity contribution < 1.29 is 14.6 Å². The molecule has 2 aromatic rings. The van der Waals surface area contributed by atoms with Gasteiger partial charge in [0.2, 0.25) is 0 Å². The summed E-state index contributed by atoms with van der Waals surface area (Å²) in [5.41, 5.74) is 0.475. The highest BCUT2D eigenvalue weighted by Crippen LogP contribution is 2.26. The van der Waals surface area contributed by atoms with Gasteiger partial charge in [0, 0.05) is 6.20 Å². The second-order valence-electron chi connectivity index (χ2n) is 4.87. The largest absolute Gasteiger partial charge is 0.465 e. The Morgan fingerprint density at radius 2 is 2.00 bits per heavy atom. The van der Waals surface area contributed by atoms with Gasteiger partial charge in [-0.25, -0.2) is 9.78 Å². The lowest BCUT2D eigenvalue weighted by atomic mass is 9.92. The van der Waals surface area contributed by atoms with Crippen LogP contribution < -0.4 is 5.32 Å². The van der Waals surface area contributed by atoms with Crippen LogP contribution in [0.5, 0.6) is 0 Å². The number of aliphatic hydroxyl groups is 1. The molecule has 0 bridgehead atoms. The number of nitrogens with zero attached hydrogens (tertiary/aromatic N) is 1. The number of anilines is 1. The van der Waals surface area contributed by atoms with Crippen LogP contribution >= 0.6 is 0 Å². The Hall–Kier alpha value is -2.40. The van der Waals surface area contributed by atoms with Crippen molar-refractivity contribution in [1.82, 2.24) is 4.98 Å². The maximum absolute atomic E-state index is 11.8. The number of ether oxygens (including phenoxy) is 1. The third-order valence-corrected chi connectivity index (χ3v) is 3.33. The zero-order valence-electron chi connectivity index (χ0n) is 12.0. The molecule has 0 aliphatic rings. The van der Waals surface area contributed by atoms with Gasteiger partial charge in [-0.3, -0.25) is 0 Å². The van der Waals surface area contributed by atoms with Crippen molar-refractivity contribution in [2.45, 2.75) is 12.5 Å². The lowest BCUT2D eigenvalue weighted by Gasteiger charge is -2.30. The minimum atomic E-state index is -0.752. The van der Waals surface area contributed by atoms with E-state index < -0.39 is 11.5 Å². The molecule has 0 fully saturated rings. The number of hydrogen-bond donors (Lipinski definition) is 2. The number of aliphatic hydroxyl groups excluding tert-OH is 1. The summed E-state index contributed by atoms with van der Waals surface area (Å²) in [6.45, 7) is 1.70. The Balaban J connectivity index is 2.38. The molecular formula is C16H18N2O3. The van der Waals surface area contributed by atoms with Gasteiger partial charge in [-0.1, -0.05) is 30.3 Å². The molecule has 110 valence electrons. The Bertz CT molecular complexity index is 616. The van der Waals surface area contributed by atoms with Gasteiger partial charge in [0.25, 0.3) is 0 Å². The van der Waals surface area contributed by atoms with Crippen molar-refractivity contribution in [3.05, 3.63) is 59.8 Å². The van der Waals surface area contributed by atoms with Crippen LogP contribution in [-0.4, -0.2) is 29.8 Å². The van der Waals surface area contributed by atoms with Gasteiger partial charge in [0.1, 0.15) is 11.4 Å². The topological polar surface area (TPSA) is 71.5 Å². The molecule has 0 saturated carbocycles. The molecule has 1 atom stereocenters. The van der Waals surface area contributed by atoms with Crippen molar-refractivity contribution >= 4 is 11.8 Å². The number of hydrogen-bond acceptors (Lipinski definition) is 5. The summed E-state index contributed by atoms with van der Waals surface area (Å²) in [5.74, 6) is -0.0938. The van der Waals surface area contributed by atoms with Gasteiger partial charge in [-0.15, -0.1) is 0 Å². The van der Waals surface area contributed by atoms with E-state index in [-0.39, 0.29) is 6.61 Å². The first kappa shape index (κ1) is 15.0.